The highest BCUT2D eigenvalue weighted by Crippen LogP contribution is 2.15. The number of rotatable bonds is 1. The molecule has 2 amide bonds. The third-order valence-corrected chi connectivity index (χ3v) is 2.29. The maximum absolute atomic E-state index is 11.3. The number of likely N-dealkylation sites (tertiary alicyclic amines) is 1. The van der Waals surface area contributed by atoms with Crippen molar-refractivity contribution in [3.8, 4) is 6.07 Å². The van der Waals surface area contributed by atoms with Crippen molar-refractivity contribution < 1.29 is 4.79 Å². The summed E-state index contributed by atoms with van der Waals surface area (Å²) < 4.78 is 0. The summed E-state index contributed by atoms with van der Waals surface area (Å²) in [6.07, 6.45) is 1.63. The minimum atomic E-state index is -0.00103. The summed E-state index contributed by atoms with van der Waals surface area (Å²) in [5.74, 6) is 0.144. The lowest BCUT2D eigenvalue weighted by Crippen LogP contribution is -2.44. The molecule has 0 aromatic carbocycles. The van der Waals surface area contributed by atoms with Crippen molar-refractivity contribution in [2.75, 3.05) is 19.6 Å². The fraction of sp³-hybridized carbons (Fsp3) is 0.778. The molecule has 1 aliphatic heterocycles. The predicted octanol–water partition coefficient (Wildman–Crippen LogP) is 0.951. The number of nitrogens with zero attached hydrogens (tertiary/aromatic N) is 2. The van der Waals surface area contributed by atoms with Crippen LogP contribution in [0.2, 0.25) is 0 Å². The van der Waals surface area contributed by atoms with E-state index in [1.807, 2.05) is 6.92 Å². The van der Waals surface area contributed by atoms with E-state index in [-0.39, 0.29) is 11.9 Å². The van der Waals surface area contributed by atoms with Crippen LogP contribution in [0.15, 0.2) is 0 Å². The fourth-order valence-corrected chi connectivity index (χ4v) is 1.47. The number of carbonyl (C=O) groups is 1. The standard InChI is InChI=1S/C9H15N3O/c1-2-11-9(13)12-5-3-8(7-10)4-6-12/h8H,2-6H2,1H3,(H,11,13). The maximum atomic E-state index is 11.3. The first-order chi connectivity index (χ1) is 6.27. The number of urea groups is 1. The summed E-state index contributed by atoms with van der Waals surface area (Å²) in [4.78, 5) is 13.1. The molecule has 0 bridgehead atoms. The lowest BCUT2D eigenvalue weighted by molar-refractivity contribution is 0.179. The summed E-state index contributed by atoms with van der Waals surface area (Å²) in [6.45, 7) is 3.99. The van der Waals surface area contributed by atoms with Gasteiger partial charge in [-0.1, -0.05) is 0 Å². The number of piperidine rings is 1. The highest BCUT2D eigenvalue weighted by atomic mass is 16.2. The van der Waals surface area contributed by atoms with E-state index in [4.69, 9.17) is 5.26 Å². The second-order valence-electron chi connectivity index (χ2n) is 3.23. The van der Waals surface area contributed by atoms with Gasteiger partial charge in [-0.2, -0.15) is 5.26 Å². The van der Waals surface area contributed by atoms with Crippen LogP contribution in [-0.2, 0) is 0 Å². The average Bonchev–Trinajstić information content (AvgIpc) is 2.18. The zero-order chi connectivity index (χ0) is 9.68. The minimum Gasteiger partial charge on any atom is -0.338 e. The van der Waals surface area contributed by atoms with Crippen molar-refractivity contribution in [3.63, 3.8) is 0 Å². The molecule has 0 aliphatic carbocycles. The van der Waals surface area contributed by atoms with Crippen molar-refractivity contribution in [2.45, 2.75) is 19.8 Å². The highest BCUT2D eigenvalue weighted by molar-refractivity contribution is 5.74. The molecule has 4 nitrogen and oxygen atoms in total. The third kappa shape index (κ3) is 2.62. The lowest BCUT2D eigenvalue weighted by atomic mass is 9.99. The van der Waals surface area contributed by atoms with Crippen LogP contribution in [0, 0.1) is 17.2 Å². The quantitative estimate of drug-likeness (QED) is 0.654. The Kier molecular flexibility index (Phi) is 3.56. The molecule has 1 fully saturated rings. The minimum absolute atomic E-state index is 0.00103. The van der Waals surface area contributed by atoms with Crippen LogP contribution in [0.4, 0.5) is 4.79 Å². The molecule has 4 heteroatoms. The molecule has 1 saturated heterocycles. The molecule has 0 saturated carbocycles. The molecule has 1 N–H and O–H groups in total. The molecule has 0 spiro atoms. The molecule has 0 atom stereocenters. The van der Waals surface area contributed by atoms with Gasteiger partial charge in [-0.3, -0.25) is 0 Å². The number of nitriles is 1. The molecule has 0 aromatic heterocycles. The molecule has 72 valence electrons. The Morgan fingerprint density at radius 1 is 1.62 bits per heavy atom. The van der Waals surface area contributed by atoms with Gasteiger partial charge in [-0.05, 0) is 19.8 Å². The smallest absolute Gasteiger partial charge is 0.317 e. The summed E-state index contributed by atoms with van der Waals surface area (Å²) in [6, 6.07) is 2.24. The van der Waals surface area contributed by atoms with Gasteiger partial charge in [-0.15, -0.1) is 0 Å². The topological polar surface area (TPSA) is 56.1 Å². The summed E-state index contributed by atoms with van der Waals surface area (Å²) in [7, 11) is 0. The van der Waals surface area contributed by atoms with Crippen molar-refractivity contribution >= 4 is 6.03 Å². The van der Waals surface area contributed by atoms with Crippen LogP contribution in [0.5, 0.6) is 0 Å². The van der Waals surface area contributed by atoms with E-state index in [0.29, 0.717) is 19.6 Å². The summed E-state index contributed by atoms with van der Waals surface area (Å²) in [5, 5.41) is 11.4. The van der Waals surface area contributed by atoms with Gasteiger partial charge >= 0.3 is 6.03 Å². The van der Waals surface area contributed by atoms with Gasteiger partial charge in [0, 0.05) is 25.6 Å². The summed E-state index contributed by atoms with van der Waals surface area (Å²) in [5.41, 5.74) is 0. The van der Waals surface area contributed by atoms with Crippen molar-refractivity contribution in [1.82, 2.24) is 10.2 Å². The second kappa shape index (κ2) is 4.70. The first-order valence-corrected chi connectivity index (χ1v) is 4.70. The molecule has 1 heterocycles. The van der Waals surface area contributed by atoms with Crippen LogP contribution in [0.3, 0.4) is 0 Å². The first kappa shape index (κ1) is 9.85. The summed E-state index contributed by atoms with van der Waals surface area (Å²) >= 11 is 0. The molecule has 1 aliphatic rings. The van der Waals surface area contributed by atoms with Gasteiger partial charge in [0.15, 0.2) is 0 Å². The molecular weight excluding hydrogens is 166 g/mol. The van der Waals surface area contributed by atoms with Crippen molar-refractivity contribution in [1.29, 1.82) is 5.26 Å². The number of amides is 2. The monoisotopic (exact) mass is 181 g/mol. The first-order valence-electron chi connectivity index (χ1n) is 4.70. The Morgan fingerprint density at radius 3 is 2.69 bits per heavy atom. The number of carbonyl (C=O) groups excluding carboxylic acids is 1. The van der Waals surface area contributed by atoms with Gasteiger partial charge in [-0.25, -0.2) is 4.79 Å². The van der Waals surface area contributed by atoms with E-state index in [1.54, 1.807) is 4.90 Å². The van der Waals surface area contributed by atoms with Gasteiger partial charge in [0.1, 0.15) is 0 Å². The number of hydrogen-bond donors (Lipinski definition) is 1. The van der Waals surface area contributed by atoms with Crippen LogP contribution < -0.4 is 5.32 Å². The molecular formula is C9H15N3O. The van der Waals surface area contributed by atoms with Crippen molar-refractivity contribution in [3.05, 3.63) is 0 Å². The Balaban J connectivity index is 2.33. The average molecular weight is 181 g/mol. The normalized spacial score (nSPS) is 18.0. The van der Waals surface area contributed by atoms with Gasteiger partial charge in [0.05, 0.1) is 6.07 Å². The Labute approximate surface area is 78.5 Å². The third-order valence-electron chi connectivity index (χ3n) is 2.29. The van der Waals surface area contributed by atoms with Crippen LogP contribution in [0.1, 0.15) is 19.8 Å². The van der Waals surface area contributed by atoms with Crippen LogP contribution >= 0.6 is 0 Å². The molecule has 0 radical (unpaired) electrons. The molecule has 1 rings (SSSR count). The maximum Gasteiger partial charge on any atom is 0.317 e. The van der Waals surface area contributed by atoms with Gasteiger partial charge in [0.25, 0.3) is 0 Å². The number of hydrogen-bond acceptors (Lipinski definition) is 2. The van der Waals surface area contributed by atoms with Gasteiger partial charge in [0.2, 0.25) is 0 Å². The fourth-order valence-electron chi connectivity index (χ4n) is 1.47. The van der Waals surface area contributed by atoms with E-state index < -0.39 is 0 Å². The SMILES string of the molecule is CCNC(=O)N1CCC(C#N)CC1. The zero-order valence-electron chi connectivity index (χ0n) is 7.92. The molecule has 13 heavy (non-hydrogen) atoms. The van der Waals surface area contributed by atoms with Crippen LogP contribution in [0.25, 0.3) is 0 Å². The van der Waals surface area contributed by atoms with E-state index in [2.05, 4.69) is 11.4 Å². The Hall–Kier alpha value is -1.24. The van der Waals surface area contributed by atoms with Crippen molar-refractivity contribution in [2.24, 2.45) is 5.92 Å². The van der Waals surface area contributed by atoms with Gasteiger partial charge < -0.3 is 10.2 Å². The van der Waals surface area contributed by atoms with E-state index in [9.17, 15) is 4.79 Å². The van der Waals surface area contributed by atoms with E-state index in [0.717, 1.165) is 12.8 Å². The molecule has 0 unspecified atom stereocenters. The molecule has 0 aromatic rings. The van der Waals surface area contributed by atoms with E-state index in [1.165, 1.54) is 0 Å². The highest BCUT2D eigenvalue weighted by Gasteiger charge is 2.21. The number of nitrogens with one attached hydrogen (secondary N) is 1. The van der Waals surface area contributed by atoms with E-state index >= 15 is 0 Å². The second-order valence-corrected chi connectivity index (χ2v) is 3.23. The van der Waals surface area contributed by atoms with Crippen LogP contribution in [-0.4, -0.2) is 30.6 Å². The predicted molar refractivity (Wildman–Crippen MR) is 49.0 cm³/mol. The Bertz CT molecular complexity index is 213. The largest absolute Gasteiger partial charge is 0.338 e. The zero-order valence-corrected chi connectivity index (χ0v) is 7.92. The lowest BCUT2D eigenvalue weighted by Gasteiger charge is -2.28. The Morgan fingerprint density at radius 2 is 2.23 bits per heavy atom.